The van der Waals surface area contributed by atoms with E-state index in [4.69, 9.17) is 4.42 Å². The summed E-state index contributed by atoms with van der Waals surface area (Å²) in [6, 6.07) is 2.13. The molecule has 0 saturated carbocycles. The van der Waals surface area contributed by atoms with E-state index in [9.17, 15) is 0 Å². The molecule has 0 aliphatic heterocycles. The molecular weight excluding hydrogens is 188 g/mol. The fourth-order valence-electron chi connectivity index (χ4n) is 1.53. The monoisotopic (exact) mass is 210 g/mol. The van der Waals surface area contributed by atoms with E-state index in [0.29, 0.717) is 0 Å². The lowest BCUT2D eigenvalue weighted by Crippen LogP contribution is -2.13. The number of furan rings is 1. The molecule has 0 bridgehead atoms. The number of aryl methyl sites for hydroxylation is 1. The zero-order valence-electron chi connectivity index (χ0n) is 10.3. The van der Waals surface area contributed by atoms with Gasteiger partial charge in [0.25, 0.3) is 0 Å². The maximum absolute atomic E-state index is 5.77. The van der Waals surface area contributed by atoms with Crippen LogP contribution in [0.3, 0.4) is 0 Å². The van der Waals surface area contributed by atoms with Crippen LogP contribution in [0.2, 0.25) is 0 Å². The fraction of sp³-hybridized carbons (Fsp3) is 0.667. The molecule has 3 heteroatoms. The van der Waals surface area contributed by atoms with Crippen LogP contribution >= 0.6 is 0 Å². The predicted octanol–water partition coefficient (Wildman–Crippen LogP) is 2.15. The molecule has 0 unspecified atom stereocenters. The van der Waals surface area contributed by atoms with Gasteiger partial charge >= 0.3 is 0 Å². The maximum atomic E-state index is 5.77. The molecule has 0 aliphatic rings. The van der Waals surface area contributed by atoms with E-state index >= 15 is 0 Å². The zero-order chi connectivity index (χ0) is 11.3. The molecule has 0 spiro atoms. The van der Waals surface area contributed by atoms with Gasteiger partial charge in [-0.15, -0.1) is 0 Å². The van der Waals surface area contributed by atoms with Crippen molar-refractivity contribution in [3.05, 3.63) is 23.2 Å². The van der Waals surface area contributed by atoms with Gasteiger partial charge in [0.1, 0.15) is 11.5 Å². The van der Waals surface area contributed by atoms with Gasteiger partial charge in [0.2, 0.25) is 0 Å². The SMILES string of the molecule is CCCNCc1oc(CN(C)C)cc1C. The smallest absolute Gasteiger partial charge is 0.120 e. The largest absolute Gasteiger partial charge is 0.463 e. The Hall–Kier alpha value is -0.800. The summed E-state index contributed by atoms with van der Waals surface area (Å²) in [7, 11) is 4.10. The number of nitrogens with one attached hydrogen (secondary N) is 1. The van der Waals surface area contributed by atoms with Gasteiger partial charge in [-0.2, -0.15) is 0 Å². The van der Waals surface area contributed by atoms with Crippen LogP contribution in [-0.4, -0.2) is 25.5 Å². The highest BCUT2D eigenvalue weighted by atomic mass is 16.3. The molecule has 1 aromatic heterocycles. The second-order valence-electron chi connectivity index (χ2n) is 4.23. The average molecular weight is 210 g/mol. The van der Waals surface area contributed by atoms with Crippen molar-refractivity contribution >= 4 is 0 Å². The van der Waals surface area contributed by atoms with E-state index in [0.717, 1.165) is 37.6 Å². The molecule has 3 nitrogen and oxygen atoms in total. The molecule has 0 radical (unpaired) electrons. The Bertz CT molecular complexity index is 292. The van der Waals surface area contributed by atoms with Crippen molar-refractivity contribution in [3.8, 4) is 0 Å². The molecule has 0 aromatic carbocycles. The number of hydrogen-bond donors (Lipinski definition) is 1. The van der Waals surface area contributed by atoms with Crippen molar-refractivity contribution in [2.45, 2.75) is 33.4 Å². The summed E-state index contributed by atoms with van der Waals surface area (Å²) in [5.41, 5.74) is 1.25. The second kappa shape index (κ2) is 5.93. The minimum Gasteiger partial charge on any atom is -0.463 e. The first kappa shape index (κ1) is 12.3. The van der Waals surface area contributed by atoms with Gasteiger partial charge in [0.15, 0.2) is 0 Å². The molecule has 0 atom stereocenters. The summed E-state index contributed by atoms with van der Waals surface area (Å²) in [6.45, 7) is 7.02. The third kappa shape index (κ3) is 4.06. The van der Waals surface area contributed by atoms with Crippen LogP contribution in [-0.2, 0) is 13.1 Å². The van der Waals surface area contributed by atoms with E-state index < -0.39 is 0 Å². The molecule has 1 N–H and O–H groups in total. The highest BCUT2D eigenvalue weighted by Gasteiger charge is 2.07. The fourth-order valence-corrected chi connectivity index (χ4v) is 1.53. The quantitative estimate of drug-likeness (QED) is 0.729. The molecule has 15 heavy (non-hydrogen) atoms. The lowest BCUT2D eigenvalue weighted by molar-refractivity contribution is 0.338. The molecule has 1 rings (SSSR count). The van der Waals surface area contributed by atoms with Crippen LogP contribution in [0.25, 0.3) is 0 Å². The van der Waals surface area contributed by atoms with Crippen LogP contribution < -0.4 is 5.32 Å². The van der Waals surface area contributed by atoms with Crippen molar-refractivity contribution in [3.63, 3.8) is 0 Å². The molecule has 86 valence electrons. The Morgan fingerprint density at radius 1 is 1.40 bits per heavy atom. The first-order valence-corrected chi connectivity index (χ1v) is 5.57. The minimum absolute atomic E-state index is 0.840. The van der Waals surface area contributed by atoms with Gasteiger partial charge in [-0.05, 0) is 45.6 Å². The molecule has 1 heterocycles. The summed E-state index contributed by atoms with van der Waals surface area (Å²) >= 11 is 0. The van der Waals surface area contributed by atoms with E-state index in [1.165, 1.54) is 5.56 Å². The highest BCUT2D eigenvalue weighted by molar-refractivity contribution is 5.19. The van der Waals surface area contributed by atoms with E-state index in [1.54, 1.807) is 0 Å². The van der Waals surface area contributed by atoms with E-state index in [-0.39, 0.29) is 0 Å². The normalized spacial score (nSPS) is 11.3. The standard InChI is InChI=1S/C12H22N2O/c1-5-6-13-8-12-10(2)7-11(15-12)9-14(3)4/h7,13H,5-6,8-9H2,1-4H3. The van der Waals surface area contributed by atoms with Crippen molar-refractivity contribution in [1.82, 2.24) is 10.2 Å². The number of hydrogen-bond acceptors (Lipinski definition) is 3. The Morgan fingerprint density at radius 3 is 2.73 bits per heavy atom. The zero-order valence-corrected chi connectivity index (χ0v) is 10.3. The van der Waals surface area contributed by atoms with Gasteiger partial charge in [-0.25, -0.2) is 0 Å². The van der Waals surface area contributed by atoms with Gasteiger partial charge in [-0.1, -0.05) is 6.92 Å². The van der Waals surface area contributed by atoms with Gasteiger partial charge < -0.3 is 14.6 Å². The van der Waals surface area contributed by atoms with Gasteiger partial charge in [0.05, 0.1) is 13.1 Å². The van der Waals surface area contributed by atoms with Crippen LogP contribution in [0.4, 0.5) is 0 Å². The summed E-state index contributed by atoms with van der Waals surface area (Å²) in [4.78, 5) is 2.11. The molecule has 0 amide bonds. The highest BCUT2D eigenvalue weighted by Crippen LogP contribution is 2.15. The third-order valence-electron chi connectivity index (χ3n) is 2.26. The van der Waals surface area contributed by atoms with Crippen molar-refractivity contribution in [1.29, 1.82) is 0 Å². The summed E-state index contributed by atoms with van der Waals surface area (Å²) in [5.74, 6) is 2.12. The first-order valence-electron chi connectivity index (χ1n) is 5.57. The Labute approximate surface area is 92.5 Å². The van der Waals surface area contributed by atoms with Crippen LogP contribution in [0.1, 0.15) is 30.4 Å². The second-order valence-corrected chi connectivity index (χ2v) is 4.23. The molecule has 1 aromatic rings. The Kier molecular flexibility index (Phi) is 4.85. The Balaban J connectivity index is 2.53. The van der Waals surface area contributed by atoms with Crippen molar-refractivity contribution < 1.29 is 4.42 Å². The molecule has 0 fully saturated rings. The molecule has 0 saturated heterocycles. The molecular formula is C12H22N2O. The van der Waals surface area contributed by atoms with E-state index in [2.05, 4.69) is 30.1 Å². The minimum atomic E-state index is 0.840. The summed E-state index contributed by atoms with van der Waals surface area (Å²) in [5, 5.41) is 3.35. The first-order chi connectivity index (χ1) is 7.13. The topological polar surface area (TPSA) is 28.4 Å². The lowest BCUT2D eigenvalue weighted by atomic mass is 10.2. The van der Waals surface area contributed by atoms with Crippen molar-refractivity contribution in [2.75, 3.05) is 20.6 Å². The summed E-state index contributed by atoms with van der Waals surface area (Å²) in [6.07, 6.45) is 1.16. The van der Waals surface area contributed by atoms with Gasteiger partial charge in [0, 0.05) is 0 Å². The average Bonchev–Trinajstić information content (AvgIpc) is 2.46. The number of rotatable bonds is 6. The van der Waals surface area contributed by atoms with Crippen LogP contribution in [0.5, 0.6) is 0 Å². The maximum Gasteiger partial charge on any atom is 0.120 e. The molecule has 0 aliphatic carbocycles. The van der Waals surface area contributed by atoms with Gasteiger partial charge in [-0.3, -0.25) is 0 Å². The third-order valence-corrected chi connectivity index (χ3v) is 2.26. The van der Waals surface area contributed by atoms with Crippen LogP contribution in [0, 0.1) is 6.92 Å². The lowest BCUT2D eigenvalue weighted by Gasteiger charge is -2.05. The summed E-state index contributed by atoms with van der Waals surface area (Å²) < 4.78 is 5.77. The van der Waals surface area contributed by atoms with E-state index in [1.807, 2.05) is 14.1 Å². The van der Waals surface area contributed by atoms with Crippen LogP contribution in [0.15, 0.2) is 10.5 Å². The van der Waals surface area contributed by atoms with Crippen molar-refractivity contribution in [2.24, 2.45) is 0 Å². The Morgan fingerprint density at radius 2 is 2.13 bits per heavy atom. The predicted molar refractivity (Wildman–Crippen MR) is 62.8 cm³/mol. The number of nitrogens with zero attached hydrogens (tertiary/aromatic N) is 1.